The minimum atomic E-state index is -0.435. The maximum absolute atomic E-state index is 12.3. The number of carbonyl (C=O) groups excluding carboxylic acids is 1. The van der Waals surface area contributed by atoms with Crippen LogP contribution in [0, 0.1) is 0 Å². The third kappa shape index (κ3) is 3.35. The molecule has 136 valence electrons. The van der Waals surface area contributed by atoms with Crippen molar-refractivity contribution in [1.82, 2.24) is 19.6 Å². The van der Waals surface area contributed by atoms with Crippen LogP contribution in [-0.2, 0) is 0 Å². The smallest absolute Gasteiger partial charge is 0.319 e. The molecule has 9 heteroatoms. The second-order valence-electron chi connectivity index (χ2n) is 6.14. The molecule has 3 aromatic rings. The van der Waals surface area contributed by atoms with Gasteiger partial charge in [0.1, 0.15) is 11.4 Å². The zero-order chi connectivity index (χ0) is 17.9. The summed E-state index contributed by atoms with van der Waals surface area (Å²) in [6.45, 7) is 2.36. The number of furan rings is 1. The SMILES string of the molecule is O=C(NCC(c1ccco1)N1CCCC1)Nc1cnc2sccn2c1=O. The Hall–Kier alpha value is -2.65. The summed E-state index contributed by atoms with van der Waals surface area (Å²) < 4.78 is 6.95. The van der Waals surface area contributed by atoms with Crippen LogP contribution < -0.4 is 16.2 Å². The Labute approximate surface area is 153 Å². The van der Waals surface area contributed by atoms with E-state index >= 15 is 0 Å². The number of anilines is 1. The monoisotopic (exact) mass is 373 g/mol. The van der Waals surface area contributed by atoms with Crippen molar-refractivity contribution < 1.29 is 9.21 Å². The molecular formula is C17H19N5O3S. The lowest BCUT2D eigenvalue weighted by Gasteiger charge is -2.25. The quantitative estimate of drug-likeness (QED) is 0.716. The number of fused-ring (bicyclic) bond motifs is 1. The molecule has 0 aliphatic carbocycles. The van der Waals surface area contributed by atoms with Gasteiger partial charge in [-0.1, -0.05) is 0 Å². The van der Waals surface area contributed by atoms with Gasteiger partial charge >= 0.3 is 6.03 Å². The van der Waals surface area contributed by atoms with Gasteiger partial charge in [0.15, 0.2) is 4.96 Å². The lowest BCUT2D eigenvalue weighted by Crippen LogP contribution is -2.39. The van der Waals surface area contributed by atoms with E-state index in [9.17, 15) is 9.59 Å². The normalized spacial score (nSPS) is 16.0. The van der Waals surface area contributed by atoms with Gasteiger partial charge in [-0.05, 0) is 38.1 Å². The molecule has 2 N–H and O–H groups in total. The van der Waals surface area contributed by atoms with Gasteiger partial charge in [0.25, 0.3) is 5.56 Å². The molecule has 0 aromatic carbocycles. The van der Waals surface area contributed by atoms with Gasteiger partial charge in [-0.15, -0.1) is 11.3 Å². The number of nitrogens with zero attached hydrogens (tertiary/aromatic N) is 3. The summed E-state index contributed by atoms with van der Waals surface area (Å²) >= 11 is 1.36. The average Bonchev–Trinajstić information content (AvgIpc) is 3.40. The lowest BCUT2D eigenvalue weighted by molar-refractivity contribution is 0.207. The van der Waals surface area contributed by atoms with Crippen LogP contribution in [0.5, 0.6) is 0 Å². The first-order chi connectivity index (χ1) is 12.7. The van der Waals surface area contributed by atoms with E-state index in [0.29, 0.717) is 11.5 Å². The molecule has 0 radical (unpaired) electrons. The molecule has 3 aromatic heterocycles. The van der Waals surface area contributed by atoms with Crippen molar-refractivity contribution in [2.75, 3.05) is 25.0 Å². The van der Waals surface area contributed by atoms with Crippen molar-refractivity contribution in [2.45, 2.75) is 18.9 Å². The summed E-state index contributed by atoms with van der Waals surface area (Å²) in [7, 11) is 0. The van der Waals surface area contributed by atoms with Crippen LogP contribution in [0.25, 0.3) is 4.96 Å². The Morgan fingerprint density at radius 1 is 1.38 bits per heavy atom. The largest absolute Gasteiger partial charge is 0.468 e. The van der Waals surface area contributed by atoms with E-state index in [0.717, 1.165) is 31.7 Å². The maximum Gasteiger partial charge on any atom is 0.319 e. The predicted octanol–water partition coefficient (Wildman–Crippen LogP) is 2.31. The summed E-state index contributed by atoms with van der Waals surface area (Å²) in [6, 6.07) is 3.32. The number of aromatic nitrogens is 2. The second kappa shape index (κ2) is 7.30. The highest BCUT2D eigenvalue weighted by Crippen LogP contribution is 2.24. The number of hydrogen-bond acceptors (Lipinski definition) is 6. The molecule has 4 rings (SSSR count). The summed E-state index contributed by atoms with van der Waals surface area (Å²) in [5.41, 5.74) is -0.150. The molecule has 26 heavy (non-hydrogen) atoms. The first-order valence-corrected chi connectivity index (χ1v) is 9.37. The fourth-order valence-electron chi connectivity index (χ4n) is 3.21. The summed E-state index contributed by atoms with van der Waals surface area (Å²) in [5.74, 6) is 0.827. The number of nitrogens with one attached hydrogen (secondary N) is 2. The second-order valence-corrected chi connectivity index (χ2v) is 7.01. The molecule has 0 bridgehead atoms. The fraction of sp³-hybridized carbons (Fsp3) is 0.353. The molecule has 1 fully saturated rings. The van der Waals surface area contributed by atoms with Gasteiger partial charge in [-0.3, -0.25) is 14.1 Å². The van der Waals surface area contributed by atoms with Crippen LogP contribution in [0.15, 0.2) is 45.4 Å². The highest BCUT2D eigenvalue weighted by Gasteiger charge is 2.26. The molecule has 1 saturated heterocycles. The van der Waals surface area contributed by atoms with Crippen molar-refractivity contribution >= 4 is 28.0 Å². The van der Waals surface area contributed by atoms with Crippen LogP contribution in [0.2, 0.25) is 0 Å². The lowest BCUT2D eigenvalue weighted by atomic mass is 10.2. The molecule has 0 saturated carbocycles. The molecule has 1 unspecified atom stereocenters. The fourth-order valence-corrected chi connectivity index (χ4v) is 3.89. The topological polar surface area (TPSA) is 91.9 Å². The van der Waals surface area contributed by atoms with Crippen molar-refractivity contribution in [2.24, 2.45) is 0 Å². The number of carbonyl (C=O) groups is 1. The number of rotatable bonds is 5. The predicted molar refractivity (Wildman–Crippen MR) is 98.6 cm³/mol. The Kier molecular flexibility index (Phi) is 4.72. The molecule has 1 aliphatic rings. The zero-order valence-electron chi connectivity index (χ0n) is 14.1. The van der Waals surface area contributed by atoms with E-state index in [-0.39, 0.29) is 17.3 Å². The van der Waals surface area contributed by atoms with Crippen molar-refractivity contribution in [3.63, 3.8) is 0 Å². The number of amides is 2. The van der Waals surface area contributed by atoms with E-state index in [4.69, 9.17) is 4.42 Å². The van der Waals surface area contributed by atoms with Gasteiger partial charge in [-0.2, -0.15) is 0 Å². The van der Waals surface area contributed by atoms with E-state index in [1.165, 1.54) is 21.9 Å². The van der Waals surface area contributed by atoms with Gasteiger partial charge in [-0.25, -0.2) is 9.78 Å². The number of hydrogen-bond donors (Lipinski definition) is 2. The van der Waals surface area contributed by atoms with Gasteiger partial charge < -0.3 is 15.1 Å². The molecule has 2 amide bonds. The molecule has 1 atom stereocenters. The third-order valence-electron chi connectivity index (χ3n) is 4.50. The molecular weight excluding hydrogens is 354 g/mol. The van der Waals surface area contributed by atoms with Crippen molar-refractivity contribution in [3.8, 4) is 0 Å². The zero-order valence-corrected chi connectivity index (χ0v) is 14.9. The molecule has 8 nitrogen and oxygen atoms in total. The molecule has 1 aliphatic heterocycles. The summed E-state index contributed by atoms with van der Waals surface area (Å²) in [4.78, 5) is 31.7. The average molecular weight is 373 g/mol. The van der Waals surface area contributed by atoms with Crippen LogP contribution in [0.3, 0.4) is 0 Å². The molecule has 4 heterocycles. The number of thiazole rings is 1. The van der Waals surface area contributed by atoms with Crippen LogP contribution in [-0.4, -0.2) is 39.9 Å². The summed E-state index contributed by atoms with van der Waals surface area (Å²) in [5, 5.41) is 7.21. The van der Waals surface area contributed by atoms with Crippen molar-refractivity contribution in [1.29, 1.82) is 0 Å². The van der Waals surface area contributed by atoms with Crippen LogP contribution >= 0.6 is 11.3 Å². The molecule has 0 spiro atoms. The van der Waals surface area contributed by atoms with Gasteiger partial charge in [0.2, 0.25) is 0 Å². The first-order valence-electron chi connectivity index (χ1n) is 8.49. The van der Waals surface area contributed by atoms with E-state index < -0.39 is 6.03 Å². The highest BCUT2D eigenvalue weighted by atomic mass is 32.1. The Morgan fingerprint density at radius 2 is 2.23 bits per heavy atom. The maximum atomic E-state index is 12.3. The van der Waals surface area contributed by atoms with Gasteiger partial charge in [0.05, 0.1) is 18.5 Å². The van der Waals surface area contributed by atoms with Gasteiger partial charge in [0, 0.05) is 18.1 Å². The third-order valence-corrected chi connectivity index (χ3v) is 5.27. The van der Waals surface area contributed by atoms with E-state index in [1.54, 1.807) is 17.8 Å². The number of urea groups is 1. The van der Waals surface area contributed by atoms with E-state index in [1.807, 2.05) is 12.1 Å². The first kappa shape index (κ1) is 16.8. The standard InChI is InChI=1S/C17H19N5O3S/c23-15-12(10-19-17-22(15)7-9-26-17)20-16(24)18-11-13(14-4-3-8-25-14)21-5-1-2-6-21/h3-4,7-10,13H,1-2,5-6,11H2,(H2,18,20,24). The van der Waals surface area contributed by atoms with Crippen LogP contribution in [0.1, 0.15) is 24.6 Å². The highest BCUT2D eigenvalue weighted by molar-refractivity contribution is 7.15. The van der Waals surface area contributed by atoms with Crippen LogP contribution in [0.4, 0.5) is 10.5 Å². The minimum Gasteiger partial charge on any atom is -0.468 e. The number of likely N-dealkylation sites (tertiary alicyclic amines) is 1. The Bertz CT molecular complexity index is 943. The Balaban J connectivity index is 1.43. The summed E-state index contributed by atoms with van der Waals surface area (Å²) in [6.07, 6.45) is 6.96. The minimum absolute atomic E-state index is 0.0168. The van der Waals surface area contributed by atoms with Crippen molar-refractivity contribution in [3.05, 3.63) is 52.3 Å². The van der Waals surface area contributed by atoms with E-state index in [2.05, 4.69) is 20.5 Å². The Morgan fingerprint density at radius 3 is 3.00 bits per heavy atom.